The van der Waals surface area contributed by atoms with Crippen molar-refractivity contribution in [1.29, 1.82) is 0 Å². The summed E-state index contributed by atoms with van der Waals surface area (Å²) in [6.07, 6.45) is 0. The Bertz CT molecular complexity index is 798. The number of benzene rings is 2. The summed E-state index contributed by atoms with van der Waals surface area (Å²) >= 11 is 6.10. The molecule has 0 saturated heterocycles. The van der Waals surface area contributed by atoms with Crippen molar-refractivity contribution >= 4 is 27.3 Å². The molecule has 0 bridgehead atoms. The zero-order chi connectivity index (χ0) is 17.6. The third-order valence-electron chi connectivity index (χ3n) is 3.04. The number of anilines is 1. The third-order valence-corrected chi connectivity index (χ3v) is 4.59. The first-order valence-electron chi connectivity index (χ1n) is 7.06. The molecule has 2 aromatic carbocycles. The van der Waals surface area contributed by atoms with E-state index in [2.05, 4.69) is 4.72 Å². The predicted molar refractivity (Wildman–Crippen MR) is 91.5 cm³/mol. The van der Waals surface area contributed by atoms with Crippen molar-refractivity contribution in [2.75, 3.05) is 24.2 Å². The Labute approximate surface area is 145 Å². The molecule has 1 N–H and O–H groups in total. The van der Waals surface area contributed by atoms with Gasteiger partial charge in [-0.3, -0.25) is 4.72 Å². The summed E-state index contributed by atoms with van der Waals surface area (Å²) in [4.78, 5) is 0. The monoisotopic (exact) mass is 373 g/mol. The Morgan fingerprint density at radius 1 is 1.21 bits per heavy atom. The van der Waals surface area contributed by atoms with Crippen LogP contribution in [0.1, 0.15) is 5.56 Å². The van der Waals surface area contributed by atoms with E-state index in [1.807, 2.05) is 0 Å². The molecule has 0 saturated carbocycles. The summed E-state index contributed by atoms with van der Waals surface area (Å²) in [5, 5.41) is 0.248. The number of sulfonamides is 1. The van der Waals surface area contributed by atoms with Crippen molar-refractivity contribution < 1.29 is 22.3 Å². The van der Waals surface area contributed by atoms with Crippen LogP contribution >= 0.6 is 11.6 Å². The average Bonchev–Trinajstić information content (AvgIpc) is 2.52. The van der Waals surface area contributed by atoms with E-state index < -0.39 is 10.0 Å². The van der Waals surface area contributed by atoms with Gasteiger partial charge in [0.15, 0.2) is 0 Å². The quantitative estimate of drug-likeness (QED) is 0.769. The van der Waals surface area contributed by atoms with Crippen LogP contribution < -0.4 is 9.46 Å². The van der Waals surface area contributed by atoms with Gasteiger partial charge in [-0.15, -0.1) is 0 Å². The highest BCUT2D eigenvalue weighted by Crippen LogP contribution is 2.28. The van der Waals surface area contributed by atoms with Gasteiger partial charge in [-0.05, 0) is 35.9 Å². The van der Waals surface area contributed by atoms with E-state index in [-0.39, 0.29) is 29.8 Å². The molecule has 24 heavy (non-hydrogen) atoms. The first-order chi connectivity index (χ1) is 11.4. The largest absolute Gasteiger partial charge is 0.487 e. The molecule has 2 rings (SSSR count). The fraction of sp³-hybridized carbons (Fsp3) is 0.250. The second-order valence-electron chi connectivity index (χ2n) is 4.98. The van der Waals surface area contributed by atoms with E-state index >= 15 is 0 Å². The molecule has 0 aromatic heterocycles. The van der Waals surface area contributed by atoms with Gasteiger partial charge in [-0.2, -0.15) is 0 Å². The molecule has 0 aliphatic carbocycles. The van der Waals surface area contributed by atoms with Gasteiger partial charge in [0.25, 0.3) is 0 Å². The molecule has 0 atom stereocenters. The lowest BCUT2D eigenvalue weighted by Gasteiger charge is -2.11. The Morgan fingerprint density at radius 3 is 2.67 bits per heavy atom. The van der Waals surface area contributed by atoms with Gasteiger partial charge in [0.2, 0.25) is 10.0 Å². The number of nitrogens with one attached hydrogen (secondary N) is 1. The number of methoxy groups -OCH3 is 1. The summed E-state index contributed by atoms with van der Waals surface area (Å²) in [5.74, 6) is -0.123. The van der Waals surface area contributed by atoms with Crippen LogP contribution in [0.15, 0.2) is 42.5 Å². The van der Waals surface area contributed by atoms with Crippen molar-refractivity contribution in [3.63, 3.8) is 0 Å². The van der Waals surface area contributed by atoms with Crippen molar-refractivity contribution in [2.24, 2.45) is 0 Å². The zero-order valence-electron chi connectivity index (χ0n) is 13.0. The van der Waals surface area contributed by atoms with Crippen molar-refractivity contribution in [1.82, 2.24) is 0 Å². The minimum atomic E-state index is -3.50. The van der Waals surface area contributed by atoms with E-state index in [1.54, 1.807) is 18.2 Å². The van der Waals surface area contributed by atoms with Gasteiger partial charge >= 0.3 is 0 Å². The normalized spacial score (nSPS) is 11.3. The van der Waals surface area contributed by atoms with E-state index in [9.17, 15) is 12.8 Å². The third kappa shape index (κ3) is 5.67. The highest BCUT2D eigenvalue weighted by molar-refractivity contribution is 7.92. The second-order valence-corrected chi connectivity index (χ2v) is 7.23. The van der Waals surface area contributed by atoms with Crippen LogP contribution in [0.4, 0.5) is 10.1 Å². The molecule has 0 aliphatic rings. The van der Waals surface area contributed by atoms with Gasteiger partial charge in [-0.25, -0.2) is 12.8 Å². The molecule has 0 spiro atoms. The van der Waals surface area contributed by atoms with E-state index in [0.29, 0.717) is 17.0 Å². The van der Waals surface area contributed by atoms with Gasteiger partial charge < -0.3 is 9.47 Å². The van der Waals surface area contributed by atoms with E-state index in [0.717, 1.165) is 0 Å². The minimum Gasteiger partial charge on any atom is -0.487 e. The smallest absolute Gasteiger partial charge is 0.235 e. The Hall–Kier alpha value is -1.83. The molecule has 0 aliphatic heterocycles. The number of rotatable bonds is 8. The Balaban J connectivity index is 2.01. The molecule has 0 radical (unpaired) electrons. The molecular weight excluding hydrogens is 357 g/mol. The maximum absolute atomic E-state index is 13.1. The lowest BCUT2D eigenvalue weighted by Crippen LogP contribution is -2.19. The van der Waals surface area contributed by atoms with Crippen LogP contribution in [0.3, 0.4) is 0 Å². The number of ether oxygens (including phenoxy) is 2. The Kier molecular flexibility index (Phi) is 6.42. The summed E-state index contributed by atoms with van der Waals surface area (Å²) in [6.45, 7) is 0.244. The standard InChI is InChI=1S/C16H17ClFNO4S/c1-22-7-8-24(20,21)19-14-5-6-16(15(17)10-14)23-11-12-3-2-4-13(18)9-12/h2-6,9-10,19H,7-8,11H2,1H3. The van der Waals surface area contributed by atoms with Crippen LogP contribution in [-0.4, -0.2) is 27.9 Å². The van der Waals surface area contributed by atoms with Gasteiger partial charge in [0.05, 0.1) is 23.1 Å². The van der Waals surface area contributed by atoms with Crippen LogP contribution in [0, 0.1) is 5.82 Å². The second kappa shape index (κ2) is 8.32. The van der Waals surface area contributed by atoms with Crippen LogP contribution in [0.2, 0.25) is 5.02 Å². The van der Waals surface area contributed by atoms with Crippen molar-refractivity contribution in [3.8, 4) is 5.75 Å². The minimum absolute atomic E-state index is 0.0951. The number of hydrogen-bond acceptors (Lipinski definition) is 4. The van der Waals surface area contributed by atoms with E-state index in [4.69, 9.17) is 21.1 Å². The first kappa shape index (κ1) is 18.5. The molecule has 0 amide bonds. The molecule has 130 valence electrons. The maximum atomic E-state index is 13.1. The predicted octanol–water partition coefficient (Wildman–Crippen LogP) is 3.45. The molecular formula is C16H17ClFNO4S. The van der Waals surface area contributed by atoms with Gasteiger partial charge in [0.1, 0.15) is 18.2 Å². The van der Waals surface area contributed by atoms with Gasteiger partial charge in [-0.1, -0.05) is 23.7 Å². The number of halogens is 2. The van der Waals surface area contributed by atoms with Crippen LogP contribution in [0.25, 0.3) is 0 Å². The Morgan fingerprint density at radius 2 is 2.00 bits per heavy atom. The van der Waals surface area contributed by atoms with Crippen LogP contribution in [-0.2, 0) is 21.4 Å². The summed E-state index contributed by atoms with van der Waals surface area (Å²) in [5.41, 5.74) is 0.990. The highest BCUT2D eigenvalue weighted by Gasteiger charge is 2.12. The number of hydrogen-bond donors (Lipinski definition) is 1. The summed E-state index contributed by atoms with van der Waals surface area (Å²) in [6, 6.07) is 10.6. The molecule has 0 unspecified atom stereocenters. The molecule has 0 heterocycles. The lowest BCUT2D eigenvalue weighted by atomic mass is 10.2. The molecule has 0 fully saturated rings. The molecule has 2 aromatic rings. The molecule has 5 nitrogen and oxygen atoms in total. The summed E-state index contributed by atoms with van der Waals surface area (Å²) < 4.78 is 49.4. The molecule has 8 heteroatoms. The average molecular weight is 374 g/mol. The summed E-state index contributed by atoms with van der Waals surface area (Å²) in [7, 11) is -2.07. The lowest BCUT2D eigenvalue weighted by molar-refractivity contribution is 0.217. The van der Waals surface area contributed by atoms with Crippen molar-refractivity contribution in [2.45, 2.75) is 6.61 Å². The van der Waals surface area contributed by atoms with E-state index in [1.165, 1.54) is 31.4 Å². The van der Waals surface area contributed by atoms with Crippen LogP contribution in [0.5, 0.6) is 5.75 Å². The van der Waals surface area contributed by atoms with Crippen molar-refractivity contribution in [3.05, 3.63) is 58.9 Å². The maximum Gasteiger partial charge on any atom is 0.235 e. The fourth-order valence-corrected chi connectivity index (χ4v) is 3.10. The topological polar surface area (TPSA) is 64.6 Å². The SMILES string of the molecule is COCCS(=O)(=O)Nc1ccc(OCc2cccc(F)c2)c(Cl)c1. The highest BCUT2D eigenvalue weighted by atomic mass is 35.5. The first-order valence-corrected chi connectivity index (χ1v) is 9.09. The zero-order valence-corrected chi connectivity index (χ0v) is 14.5. The van der Waals surface area contributed by atoms with Gasteiger partial charge in [0, 0.05) is 7.11 Å². The fourth-order valence-electron chi connectivity index (χ4n) is 1.89.